The third kappa shape index (κ3) is 2.84. The number of ether oxygens (including phenoxy) is 1. The molecule has 2 aromatic rings. The second kappa shape index (κ2) is 5.00. The van der Waals surface area contributed by atoms with E-state index in [4.69, 9.17) is 4.74 Å². The second-order valence-corrected chi connectivity index (χ2v) is 4.47. The summed E-state index contributed by atoms with van der Waals surface area (Å²) in [6, 6.07) is 10.1. The number of benzene rings is 1. The zero-order chi connectivity index (χ0) is 12.3. The summed E-state index contributed by atoms with van der Waals surface area (Å²) in [6.07, 6.45) is 3.54. The molecule has 1 aromatic heterocycles. The summed E-state index contributed by atoms with van der Waals surface area (Å²) in [6.45, 7) is 6.36. The van der Waals surface area contributed by atoms with Gasteiger partial charge in [0.1, 0.15) is 11.5 Å². The quantitative estimate of drug-likeness (QED) is 0.779. The fourth-order valence-corrected chi connectivity index (χ4v) is 1.62. The maximum atomic E-state index is 5.80. The third-order valence-corrected chi connectivity index (χ3v) is 2.74. The normalized spacial score (nSPS) is 10.6. The van der Waals surface area contributed by atoms with Gasteiger partial charge < -0.3 is 4.74 Å². The molecule has 1 heterocycles. The van der Waals surface area contributed by atoms with E-state index in [1.807, 2.05) is 25.1 Å². The van der Waals surface area contributed by atoms with Crippen LogP contribution < -0.4 is 4.74 Å². The number of aryl methyl sites for hydroxylation is 1. The predicted molar refractivity (Wildman–Crippen MR) is 69.6 cm³/mol. The molecule has 2 nitrogen and oxygen atoms in total. The van der Waals surface area contributed by atoms with E-state index >= 15 is 0 Å². The lowest BCUT2D eigenvalue weighted by molar-refractivity contribution is 0.477. The molecule has 0 saturated carbocycles. The fourth-order valence-electron chi connectivity index (χ4n) is 1.62. The van der Waals surface area contributed by atoms with E-state index in [-0.39, 0.29) is 0 Å². The summed E-state index contributed by atoms with van der Waals surface area (Å²) in [5.41, 5.74) is 2.37. The van der Waals surface area contributed by atoms with Crippen molar-refractivity contribution >= 4 is 0 Å². The van der Waals surface area contributed by atoms with Crippen LogP contribution in [0.1, 0.15) is 30.9 Å². The fraction of sp³-hybridized carbons (Fsp3) is 0.267. The molecule has 0 spiro atoms. The van der Waals surface area contributed by atoms with Gasteiger partial charge in [0.25, 0.3) is 0 Å². The molecule has 0 aliphatic heterocycles. The van der Waals surface area contributed by atoms with Gasteiger partial charge in [-0.05, 0) is 36.6 Å². The monoisotopic (exact) mass is 227 g/mol. The van der Waals surface area contributed by atoms with Gasteiger partial charge in [0.05, 0.1) is 0 Å². The van der Waals surface area contributed by atoms with Crippen molar-refractivity contribution in [2.75, 3.05) is 0 Å². The van der Waals surface area contributed by atoms with Crippen molar-refractivity contribution in [2.24, 2.45) is 0 Å². The minimum absolute atomic E-state index is 0.548. The number of pyridine rings is 1. The summed E-state index contributed by atoms with van der Waals surface area (Å²) in [7, 11) is 0. The van der Waals surface area contributed by atoms with Gasteiger partial charge in [0.15, 0.2) is 0 Å². The van der Waals surface area contributed by atoms with Crippen molar-refractivity contribution in [3.05, 3.63) is 53.9 Å². The minimum Gasteiger partial charge on any atom is -0.457 e. The van der Waals surface area contributed by atoms with Crippen LogP contribution in [0.5, 0.6) is 11.5 Å². The van der Waals surface area contributed by atoms with Gasteiger partial charge in [-0.3, -0.25) is 4.98 Å². The topological polar surface area (TPSA) is 22.1 Å². The van der Waals surface area contributed by atoms with E-state index in [1.54, 1.807) is 12.4 Å². The van der Waals surface area contributed by atoms with Gasteiger partial charge in [-0.15, -0.1) is 0 Å². The van der Waals surface area contributed by atoms with Crippen molar-refractivity contribution in [3.63, 3.8) is 0 Å². The van der Waals surface area contributed by atoms with Crippen LogP contribution in [-0.2, 0) is 0 Å². The SMILES string of the molecule is Cc1cnccc1Oc1ccc(C(C)C)cc1. The molecule has 17 heavy (non-hydrogen) atoms. The Morgan fingerprint density at radius 3 is 2.35 bits per heavy atom. The lowest BCUT2D eigenvalue weighted by Gasteiger charge is -2.09. The largest absolute Gasteiger partial charge is 0.457 e. The Bertz CT molecular complexity index is 489. The van der Waals surface area contributed by atoms with Crippen molar-refractivity contribution in [1.29, 1.82) is 0 Å². The highest BCUT2D eigenvalue weighted by Gasteiger charge is 2.02. The van der Waals surface area contributed by atoms with Crippen LogP contribution in [-0.4, -0.2) is 4.98 Å². The van der Waals surface area contributed by atoms with Crippen LogP contribution in [0.3, 0.4) is 0 Å². The summed E-state index contributed by atoms with van der Waals surface area (Å²) < 4.78 is 5.80. The molecule has 0 aliphatic carbocycles. The average Bonchev–Trinajstić information content (AvgIpc) is 2.33. The number of nitrogens with zero attached hydrogens (tertiary/aromatic N) is 1. The minimum atomic E-state index is 0.548. The summed E-state index contributed by atoms with van der Waals surface area (Å²) >= 11 is 0. The maximum Gasteiger partial charge on any atom is 0.133 e. The number of hydrogen-bond donors (Lipinski definition) is 0. The molecule has 1 aromatic carbocycles. The van der Waals surface area contributed by atoms with Gasteiger partial charge in [-0.1, -0.05) is 26.0 Å². The molecule has 0 aliphatic rings. The van der Waals surface area contributed by atoms with E-state index in [1.165, 1.54) is 5.56 Å². The third-order valence-electron chi connectivity index (χ3n) is 2.74. The first kappa shape index (κ1) is 11.6. The number of hydrogen-bond acceptors (Lipinski definition) is 2. The summed E-state index contributed by atoms with van der Waals surface area (Å²) in [5, 5.41) is 0. The molecule has 0 saturated heterocycles. The summed E-state index contributed by atoms with van der Waals surface area (Å²) in [4.78, 5) is 4.04. The molecule has 0 N–H and O–H groups in total. The van der Waals surface area contributed by atoms with E-state index in [0.717, 1.165) is 17.1 Å². The van der Waals surface area contributed by atoms with Gasteiger partial charge >= 0.3 is 0 Å². The first-order valence-electron chi connectivity index (χ1n) is 5.85. The lowest BCUT2D eigenvalue weighted by Crippen LogP contribution is -1.90. The van der Waals surface area contributed by atoms with E-state index in [2.05, 4.69) is 31.0 Å². The highest BCUT2D eigenvalue weighted by Crippen LogP contribution is 2.25. The van der Waals surface area contributed by atoms with Crippen molar-refractivity contribution < 1.29 is 4.74 Å². The number of aromatic nitrogens is 1. The van der Waals surface area contributed by atoms with Crippen LogP contribution in [0.25, 0.3) is 0 Å². The Balaban J connectivity index is 2.17. The second-order valence-electron chi connectivity index (χ2n) is 4.47. The van der Waals surface area contributed by atoms with Crippen molar-refractivity contribution in [2.45, 2.75) is 26.7 Å². The Labute approximate surface area is 102 Å². The summed E-state index contributed by atoms with van der Waals surface area (Å²) in [5.74, 6) is 2.27. The van der Waals surface area contributed by atoms with Gasteiger partial charge in [-0.25, -0.2) is 0 Å². The van der Waals surface area contributed by atoms with Crippen LogP contribution in [0.2, 0.25) is 0 Å². The zero-order valence-electron chi connectivity index (χ0n) is 10.5. The van der Waals surface area contributed by atoms with Crippen LogP contribution >= 0.6 is 0 Å². The Morgan fingerprint density at radius 1 is 1.06 bits per heavy atom. The van der Waals surface area contributed by atoms with E-state index < -0.39 is 0 Å². The van der Waals surface area contributed by atoms with Crippen LogP contribution in [0.15, 0.2) is 42.7 Å². The molecule has 2 rings (SSSR count). The molecule has 0 amide bonds. The van der Waals surface area contributed by atoms with E-state index in [9.17, 15) is 0 Å². The lowest BCUT2D eigenvalue weighted by atomic mass is 10.0. The molecule has 0 unspecified atom stereocenters. The maximum absolute atomic E-state index is 5.80. The average molecular weight is 227 g/mol. The van der Waals surface area contributed by atoms with Crippen molar-refractivity contribution in [3.8, 4) is 11.5 Å². The van der Waals surface area contributed by atoms with Crippen molar-refractivity contribution in [1.82, 2.24) is 4.98 Å². The Kier molecular flexibility index (Phi) is 3.43. The van der Waals surface area contributed by atoms with Gasteiger partial charge in [0, 0.05) is 18.0 Å². The van der Waals surface area contributed by atoms with Gasteiger partial charge in [0.2, 0.25) is 0 Å². The molecular weight excluding hydrogens is 210 g/mol. The Morgan fingerprint density at radius 2 is 1.76 bits per heavy atom. The van der Waals surface area contributed by atoms with Gasteiger partial charge in [-0.2, -0.15) is 0 Å². The zero-order valence-corrected chi connectivity index (χ0v) is 10.5. The smallest absolute Gasteiger partial charge is 0.133 e. The van der Waals surface area contributed by atoms with Crippen LogP contribution in [0.4, 0.5) is 0 Å². The molecule has 0 bridgehead atoms. The predicted octanol–water partition coefficient (Wildman–Crippen LogP) is 4.31. The first-order valence-corrected chi connectivity index (χ1v) is 5.85. The number of rotatable bonds is 3. The standard InChI is InChI=1S/C15H17NO/c1-11(2)13-4-6-14(7-5-13)17-15-8-9-16-10-12(15)3/h4-11H,1-3H3. The van der Waals surface area contributed by atoms with E-state index in [0.29, 0.717) is 5.92 Å². The highest BCUT2D eigenvalue weighted by molar-refractivity contribution is 5.36. The molecule has 88 valence electrons. The highest BCUT2D eigenvalue weighted by atomic mass is 16.5. The molecule has 0 atom stereocenters. The molecule has 0 radical (unpaired) electrons. The molecule has 2 heteroatoms. The molecular formula is C15H17NO. The molecule has 0 fully saturated rings. The first-order chi connectivity index (χ1) is 8.16. The Hall–Kier alpha value is -1.83. The van der Waals surface area contributed by atoms with Crippen LogP contribution in [0, 0.1) is 6.92 Å².